The van der Waals surface area contributed by atoms with Crippen molar-refractivity contribution >= 4 is 0 Å². The molecule has 3 nitrogen and oxygen atoms in total. The number of ether oxygens (including phenoxy) is 2. The minimum atomic E-state index is -1.00. The van der Waals surface area contributed by atoms with Crippen LogP contribution in [0, 0.1) is 0 Å². The van der Waals surface area contributed by atoms with Gasteiger partial charge in [0.1, 0.15) is 17.1 Å². The molecule has 1 N–H and O–H groups in total. The Bertz CT molecular complexity index is 636. The molecule has 0 radical (unpaired) electrons. The molecule has 0 bridgehead atoms. The van der Waals surface area contributed by atoms with Crippen LogP contribution in [-0.4, -0.2) is 19.3 Å². The number of methoxy groups -OCH3 is 2. The second-order valence-electron chi connectivity index (χ2n) is 5.08. The number of hydrogen-bond donors (Lipinski definition) is 1. The van der Waals surface area contributed by atoms with Gasteiger partial charge < -0.3 is 14.6 Å². The van der Waals surface area contributed by atoms with Crippen LogP contribution >= 0.6 is 0 Å². The average molecular weight is 270 g/mol. The highest BCUT2D eigenvalue weighted by Gasteiger charge is 2.40. The maximum atomic E-state index is 11.2. The van der Waals surface area contributed by atoms with Crippen molar-refractivity contribution in [3.63, 3.8) is 0 Å². The molecule has 3 rings (SSSR count). The van der Waals surface area contributed by atoms with E-state index in [1.165, 1.54) is 5.56 Å². The number of benzene rings is 2. The summed E-state index contributed by atoms with van der Waals surface area (Å²) < 4.78 is 10.7. The van der Waals surface area contributed by atoms with Gasteiger partial charge in [0, 0.05) is 5.56 Å². The maximum Gasteiger partial charge on any atom is 0.125 e. The Hall–Kier alpha value is -2.00. The quantitative estimate of drug-likeness (QED) is 0.932. The topological polar surface area (TPSA) is 38.7 Å². The van der Waals surface area contributed by atoms with Crippen LogP contribution in [0.15, 0.2) is 42.5 Å². The number of hydrogen-bond acceptors (Lipinski definition) is 3. The summed E-state index contributed by atoms with van der Waals surface area (Å²) in [6.07, 6.45) is 1.52. The summed E-state index contributed by atoms with van der Waals surface area (Å²) in [5.41, 5.74) is 1.89. The Morgan fingerprint density at radius 2 is 1.80 bits per heavy atom. The highest BCUT2D eigenvalue weighted by molar-refractivity contribution is 5.52. The van der Waals surface area contributed by atoms with Crippen LogP contribution < -0.4 is 9.47 Å². The fraction of sp³-hybridized carbons (Fsp3) is 0.294. The third-order valence-corrected chi connectivity index (χ3v) is 4.07. The second-order valence-corrected chi connectivity index (χ2v) is 5.08. The largest absolute Gasteiger partial charge is 0.497 e. The normalized spacial score (nSPS) is 20.6. The Kier molecular flexibility index (Phi) is 3.14. The fourth-order valence-corrected chi connectivity index (χ4v) is 3.00. The molecule has 0 amide bonds. The first kappa shape index (κ1) is 13.0. The van der Waals surface area contributed by atoms with Crippen molar-refractivity contribution in [1.29, 1.82) is 0 Å². The molecule has 1 aliphatic rings. The van der Waals surface area contributed by atoms with Crippen molar-refractivity contribution < 1.29 is 14.6 Å². The monoisotopic (exact) mass is 270 g/mol. The minimum absolute atomic E-state index is 0.663. The molecule has 1 unspecified atom stereocenters. The molecule has 0 saturated carbocycles. The SMILES string of the molecule is COc1ccc2c(c1)C(O)(c1ccccc1OC)CC2. The zero-order valence-corrected chi connectivity index (χ0v) is 11.7. The van der Waals surface area contributed by atoms with E-state index in [0.29, 0.717) is 12.2 Å². The van der Waals surface area contributed by atoms with Crippen LogP contribution in [0.3, 0.4) is 0 Å². The molecular weight excluding hydrogens is 252 g/mol. The first-order chi connectivity index (χ1) is 9.69. The van der Waals surface area contributed by atoms with Crippen LogP contribution in [0.4, 0.5) is 0 Å². The van der Waals surface area contributed by atoms with Gasteiger partial charge in [-0.05, 0) is 42.2 Å². The molecule has 104 valence electrons. The summed E-state index contributed by atoms with van der Waals surface area (Å²) >= 11 is 0. The van der Waals surface area contributed by atoms with Crippen molar-refractivity contribution in [2.24, 2.45) is 0 Å². The van der Waals surface area contributed by atoms with Crippen molar-refractivity contribution in [3.05, 3.63) is 59.2 Å². The molecule has 20 heavy (non-hydrogen) atoms. The summed E-state index contributed by atoms with van der Waals surface area (Å²) in [6, 6.07) is 13.5. The zero-order chi connectivity index (χ0) is 14.2. The highest BCUT2D eigenvalue weighted by Crippen LogP contribution is 2.46. The predicted molar refractivity (Wildman–Crippen MR) is 77.3 cm³/mol. The lowest BCUT2D eigenvalue weighted by Crippen LogP contribution is -2.24. The standard InChI is InChI=1S/C17H18O3/c1-19-13-8-7-12-9-10-17(18,15(12)11-13)14-5-3-4-6-16(14)20-2/h3-8,11,18H,9-10H2,1-2H3. The van der Waals surface area contributed by atoms with E-state index in [9.17, 15) is 5.11 Å². The highest BCUT2D eigenvalue weighted by atomic mass is 16.5. The lowest BCUT2D eigenvalue weighted by Gasteiger charge is -2.26. The van der Waals surface area contributed by atoms with Gasteiger partial charge in [-0.3, -0.25) is 0 Å². The van der Waals surface area contributed by atoms with E-state index in [1.54, 1.807) is 14.2 Å². The average Bonchev–Trinajstić information content (AvgIpc) is 2.85. The van der Waals surface area contributed by atoms with Crippen LogP contribution in [0.2, 0.25) is 0 Å². The first-order valence-electron chi connectivity index (χ1n) is 6.72. The van der Waals surface area contributed by atoms with E-state index in [2.05, 4.69) is 0 Å². The van der Waals surface area contributed by atoms with Gasteiger partial charge in [0.2, 0.25) is 0 Å². The van der Waals surface area contributed by atoms with Gasteiger partial charge in [0.05, 0.1) is 14.2 Å². The predicted octanol–water partition coefficient (Wildman–Crippen LogP) is 2.89. The summed E-state index contributed by atoms with van der Waals surface area (Å²) in [6.45, 7) is 0. The summed E-state index contributed by atoms with van der Waals surface area (Å²) in [7, 11) is 3.27. The van der Waals surface area contributed by atoms with Gasteiger partial charge >= 0.3 is 0 Å². The second kappa shape index (κ2) is 4.84. The van der Waals surface area contributed by atoms with Gasteiger partial charge in [-0.2, -0.15) is 0 Å². The van der Waals surface area contributed by atoms with Crippen molar-refractivity contribution in [3.8, 4) is 11.5 Å². The van der Waals surface area contributed by atoms with Gasteiger partial charge in [-0.25, -0.2) is 0 Å². The van der Waals surface area contributed by atoms with E-state index in [1.807, 2.05) is 42.5 Å². The van der Waals surface area contributed by atoms with Crippen LogP contribution in [-0.2, 0) is 12.0 Å². The molecule has 1 aliphatic carbocycles. The molecule has 0 spiro atoms. The molecule has 0 saturated heterocycles. The molecule has 1 atom stereocenters. The van der Waals surface area contributed by atoms with E-state index in [4.69, 9.17) is 9.47 Å². The number of aryl methyl sites for hydroxylation is 1. The Labute approximate surface area is 118 Å². The number of para-hydroxylation sites is 1. The molecule has 0 aliphatic heterocycles. The fourth-order valence-electron chi connectivity index (χ4n) is 3.00. The zero-order valence-electron chi connectivity index (χ0n) is 11.7. The van der Waals surface area contributed by atoms with Gasteiger partial charge in [0.25, 0.3) is 0 Å². The maximum absolute atomic E-state index is 11.2. The number of rotatable bonds is 3. The van der Waals surface area contributed by atoms with Crippen LogP contribution in [0.1, 0.15) is 23.1 Å². The third-order valence-electron chi connectivity index (χ3n) is 4.07. The molecule has 0 heterocycles. The molecule has 2 aromatic carbocycles. The summed E-state index contributed by atoms with van der Waals surface area (Å²) in [5.74, 6) is 1.48. The lowest BCUT2D eigenvalue weighted by atomic mass is 9.87. The minimum Gasteiger partial charge on any atom is -0.497 e. The van der Waals surface area contributed by atoms with Gasteiger partial charge in [0.15, 0.2) is 0 Å². The molecule has 2 aromatic rings. The Balaban J connectivity index is 2.16. The first-order valence-corrected chi connectivity index (χ1v) is 6.72. The molecule has 3 heteroatoms. The molecular formula is C17H18O3. The summed E-state index contributed by atoms with van der Waals surface area (Å²) in [4.78, 5) is 0. The van der Waals surface area contributed by atoms with Crippen LogP contribution in [0.5, 0.6) is 11.5 Å². The third kappa shape index (κ3) is 1.86. The van der Waals surface area contributed by atoms with E-state index in [-0.39, 0.29) is 0 Å². The molecule has 0 aromatic heterocycles. The van der Waals surface area contributed by atoms with Crippen molar-refractivity contribution in [1.82, 2.24) is 0 Å². The lowest BCUT2D eigenvalue weighted by molar-refractivity contribution is 0.0798. The van der Waals surface area contributed by atoms with Crippen molar-refractivity contribution in [2.45, 2.75) is 18.4 Å². The van der Waals surface area contributed by atoms with Gasteiger partial charge in [-0.1, -0.05) is 24.3 Å². The number of fused-ring (bicyclic) bond motifs is 1. The smallest absolute Gasteiger partial charge is 0.125 e. The van der Waals surface area contributed by atoms with Crippen LogP contribution in [0.25, 0.3) is 0 Å². The Morgan fingerprint density at radius 3 is 2.55 bits per heavy atom. The van der Waals surface area contributed by atoms with E-state index < -0.39 is 5.60 Å². The van der Waals surface area contributed by atoms with Gasteiger partial charge in [-0.15, -0.1) is 0 Å². The van der Waals surface area contributed by atoms with Crippen molar-refractivity contribution in [2.75, 3.05) is 14.2 Å². The molecule has 0 fully saturated rings. The summed E-state index contributed by atoms with van der Waals surface area (Å²) in [5, 5.41) is 11.2. The Morgan fingerprint density at radius 1 is 1.00 bits per heavy atom. The van der Waals surface area contributed by atoms with E-state index >= 15 is 0 Å². The number of aliphatic hydroxyl groups is 1. The van der Waals surface area contributed by atoms with E-state index in [0.717, 1.165) is 23.3 Å².